The van der Waals surface area contributed by atoms with Gasteiger partial charge in [-0.1, -0.05) is 13.3 Å². The molecule has 0 saturated carbocycles. The Morgan fingerprint density at radius 2 is 2.42 bits per heavy atom. The molecule has 0 radical (unpaired) electrons. The number of rotatable bonds is 4. The Labute approximate surface area is 73.4 Å². The first-order valence-electron chi connectivity index (χ1n) is 4.51. The van der Waals surface area contributed by atoms with Gasteiger partial charge in [0.15, 0.2) is 6.29 Å². The molecule has 0 bridgehead atoms. The number of hydrogen-bond acceptors (Lipinski definition) is 3. The molecule has 3 heteroatoms. The lowest BCUT2D eigenvalue weighted by atomic mass is 10.2. The highest BCUT2D eigenvalue weighted by Crippen LogP contribution is 2.13. The van der Waals surface area contributed by atoms with Crippen molar-refractivity contribution in [2.24, 2.45) is 0 Å². The van der Waals surface area contributed by atoms with Gasteiger partial charge in [-0.2, -0.15) is 0 Å². The molecule has 1 unspecified atom stereocenters. The highest BCUT2D eigenvalue weighted by Gasteiger charge is 2.20. The monoisotopic (exact) mass is 168 g/mol. The minimum absolute atomic E-state index is 0.334. The summed E-state index contributed by atoms with van der Waals surface area (Å²) < 4.78 is 0. The lowest BCUT2D eigenvalue weighted by Gasteiger charge is -2.23. The van der Waals surface area contributed by atoms with Crippen LogP contribution >= 0.6 is 0 Å². The summed E-state index contributed by atoms with van der Waals surface area (Å²) in [4.78, 5) is 12.6. The lowest BCUT2D eigenvalue weighted by molar-refractivity contribution is -0.105. The van der Waals surface area contributed by atoms with E-state index in [1.165, 1.54) is 0 Å². The summed E-state index contributed by atoms with van der Waals surface area (Å²) in [6.07, 6.45) is 5.32. The normalized spacial score (nSPS) is 22.0. The molecule has 0 aromatic heterocycles. The molecular weight excluding hydrogens is 152 g/mol. The first kappa shape index (κ1) is 9.10. The molecule has 12 heavy (non-hydrogen) atoms. The molecule has 68 valence electrons. The lowest BCUT2D eigenvalue weighted by Crippen LogP contribution is -2.35. The minimum Gasteiger partial charge on any atom is -0.361 e. The van der Waals surface area contributed by atoms with Crippen molar-refractivity contribution in [3.05, 3.63) is 11.9 Å². The van der Waals surface area contributed by atoms with E-state index in [-0.39, 0.29) is 0 Å². The van der Waals surface area contributed by atoms with E-state index in [0.29, 0.717) is 11.9 Å². The molecule has 1 heterocycles. The van der Waals surface area contributed by atoms with Crippen molar-refractivity contribution in [2.75, 3.05) is 6.54 Å². The maximum absolute atomic E-state index is 10.5. The second-order valence-electron chi connectivity index (χ2n) is 2.98. The summed E-state index contributed by atoms with van der Waals surface area (Å²) in [5.74, 6) is 0. The zero-order chi connectivity index (χ0) is 8.97. The number of hydrogen-bond donors (Lipinski definition) is 1. The number of nitrogens with zero attached hydrogens (tertiary/aromatic N) is 1. The van der Waals surface area contributed by atoms with Crippen molar-refractivity contribution in [1.82, 2.24) is 10.2 Å². The Kier molecular flexibility index (Phi) is 3.14. The summed E-state index contributed by atoms with van der Waals surface area (Å²) in [5, 5.41) is 3.16. The van der Waals surface area contributed by atoms with Crippen LogP contribution < -0.4 is 5.32 Å². The molecule has 0 amide bonds. The van der Waals surface area contributed by atoms with Crippen LogP contribution in [0.1, 0.15) is 26.7 Å². The summed E-state index contributed by atoms with van der Waals surface area (Å²) in [7, 11) is 0. The predicted molar refractivity (Wildman–Crippen MR) is 48.4 cm³/mol. The summed E-state index contributed by atoms with van der Waals surface area (Å²) >= 11 is 0. The van der Waals surface area contributed by atoms with Crippen LogP contribution in [0.25, 0.3) is 0 Å². The number of carbonyl (C=O) groups excluding carboxylic acids is 1. The molecule has 0 aliphatic carbocycles. The van der Waals surface area contributed by atoms with Gasteiger partial charge in [0.25, 0.3) is 0 Å². The molecule has 1 N–H and O–H groups in total. The van der Waals surface area contributed by atoms with Gasteiger partial charge in [-0.25, -0.2) is 0 Å². The van der Waals surface area contributed by atoms with Gasteiger partial charge in [-0.15, -0.1) is 0 Å². The maximum Gasteiger partial charge on any atom is 0.167 e. The Morgan fingerprint density at radius 1 is 1.67 bits per heavy atom. The van der Waals surface area contributed by atoms with E-state index < -0.39 is 0 Å². The van der Waals surface area contributed by atoms with E-state index in [2.05, 4.69) is 24.1 Å². The standard InChI is InChI=1S/C9H16N2O/c1-3-5-9-10-8(7-12)6-11(9)4-2/h6-7,9-10H,3-5H2,1-2H3. The van der Waals surface area contributed by atoms with Crippen LogP contribution in [-0.4, -0.2) is 23.9 Å². The molecule has 1 atom stereocenters. The third-order valence-electron chi connectivity index (χ3n) is 2.09. The molecule has 1 rings (SSSR count). The fourth-order valence-corrected chi connectivity index (χ4v) is 1.47. The van der Waals surface area contributed by atoms with E-state index in [1.54, 1.807) is 0 Å². The second-order valence-corrected chi connectivity index (χ2v) is 2.98. The SMILES string of the molecule is CCCC1NC(C=O)=CN1CC. The van der Waals surface area contributed by atoms with Crippen LogP contribution in [0.5, 0.6) is 0 Å². The zero-order valence-electron chi connectivity index (χ0n) is 7.71. The number of carbonyl (C=O) groups is 1. The highest BCUT2D eigenvalue weighted by molar-refractivity contribution is 5.72. The highest BCUT2D eigenvalue weighted by atomic mass is 16.1. The fourth-order valence-electron chi connectivity index (χ4n) is 1.47. The Morgan fingerprint density at radius 3 is 2.92 bits per heavy atom. The van der Waals surface area contributed by atoms with E-state index in [4.69, 9.17) is 0 Å². The molecule has 0 aromatic carbocycles. The largest absolute Gasteiger partial charge is 0.361 e. The molecule has 1 aliphatic rings. The van der Waals surface area contributed by atoms with Crippen molar-refractivity contribution in [2.45, 2.75) is 32.9 Å². The van der Waals surface area contributed by atoms with Gasteiger partial charge in [0.2, 0.25) is 0 Å². The van der Waals surface area contributed by atoms with Crippen LogP contribution in [0.4, 0.5) is 0 Å². The molecule has 0 spiro atoms. The van der Waals surface area contributed by atoms with Gasteiger partial charge in [0.05, 0.1) is 11.9 Å². The molecule has 1 aliphatic heterocycles. The van der Waals surface area contributed by atoms with Gasteiger partial charge in [0, 0.05) is 12.7 Å². The second kappa shape index (κ2) is 4.14. The van der Waals surface area contributed by atoms with Crippen molar-refractivity contribution in [1.29, 1.82) is 0 Å². The van der Waals surface area contributed by atoms with Gasteiger partial charge in [-0.05, 0) is 13.3 Å². The first-order chi connectivity index (χ1) is 5.81. The van der Waals surface area contributed by atoms with Crippen molar-refractivity contribution in [3.63, 3.8) is 0 Å². The fraction of sp³-hybridized carbons (Fsp3) is 0.667. The number of aldehydes is 1. The van der Waals surface area contributed by atoms with Gasteiger partial charge >= 0.3 is 0 Å². The van der Waals surface area contributed by atoms with Crippen molar-refractivity contribution >= 4 is 6.29 Å². The molecule has 0 fully saturated rings. The quantitative estimate of drug-likeness (QED) is 0.637. The predicted octanol–water partition coefficient (Wildman–Crippen LogP) is 1.08. The molecular formula is C9H16N2O. The number of allylic oxidation sites excluding steroid dienone is 1. The third-order valence-corrected chi connectivity index (χ3v) is 2.09. The molecule has 0 aromatic rings. The van der Waals surface area contributed by atoms with E-state index in [0.717, 1.165) is 25.7 Å². The summed E-state index contributed by atoms with van der Waals surface area (Å²) in [6, 6.07) is 0. The zero-order valence-corrected chi connectivity index (χ0v) is 7.71. The van der Waals surface area contributed by atoms with Crippen molar-refractivity contribution < 1.29 is 4.79 Å². The van der Waals surface area contributed by atoms with Crippen LogP contribution in [-0.2, 0) is 4.79 Å². The minimum atomic E-state index is 0.334. The molecule has 3 nitrogen and oxygen atoms in total. The average Bonchev–Trinajstić information content (AvgIpc) is 2.48. The third kappa shape index (κ3) is 1.78. The summed E-state index contributed by atoms with van der Waals surface area (Å²) in [6.45, 7) is 5.19. The summed E-state index contributed by atoms with van der Waals surface area (Å²) in [5.41, 5.74) is 0.704. The van der Waals surface area contributed by atoms with E-state index >= 15 is 0 Å². The smallest absolute Gasteiger partial charge is 0.167 e. The van der Waals surface area contributed by atoms with Gasteiger partial charge in [0.1, 0.15) is 0 Å². The van der Waals surface area contributed by atoms with E-state index in [1.807, 2.05) is 6.20 Å². The van der Waals surface area contributed by atoms with Gasteiger partial charge in [-0.3, -0.25) is 4.79 Å². The van der Waals surface area contributed by atoms with Crippen LogP contribution in [0.15, 0.2) is 11.9 Å². The Bertz CT molecular complexity index is 189. The number of nitrogens with one attached hydrogen (secondary N) is 1. The van der Waals surface area contributed by atoms with Gasteiger partial charge < -0.3 is 10.2 Å². The first-order valence-corrected chi connectivity index (χ1v) is 4.51. The maximum atomic E-state index is 10.5. The molecule has 0 saturated heterocycles. The van der Waals surface area contributed by atoms with Crippen LogP contribution in [0, 0.1) is 0 Å². The Balaban J connectivity index is 2.53. The van der Waals surface area contributed by atoms with Crippen LogP contribution in [0.3, 0.4) is 0 Å². The topological polar surface area (TPSA) is 32.3 Å². The Hall–Kier alpha value is -0.990. The van der Waals surface area contributed by atoms with Crippen LogP contribution in [0.2, 0.25) is 0 Å². The van der Waals surface area contributed by atoms with Crippen molar-refractivity contribution in [3.8, 4) is 0 Å². The van der Waals surface area contributed by atoms with E-state index in [9.17, 15) is 4.79 Å². The average molecular weight is 168 g/mol.